The third kappa shape index (κ3) is 4.23. The minimum atomic E-state index is -0.948. The molecule has 2 aliphatic rings. The van der Waals surface area contributed by atoms with Crippen LogP contribution in [0.3, 0.4) is 0 Å². The first-order chi connectivity index (χ1) is 17.7. The highest BCUT2D eigenvalue weighted by molar-refractivity contribution is 9.10. The van der Waals surface area contributed by atoms with Crippen LogP contribution in [0.25, 0.3) is 33.2 Å². The Kier molecular flexibility index (Phi) is 5.67. The van der Waals surface area contributed by atoms with Crippen molar-refractivity contribution in [3.8, 4) is 22.3 Å². The van der Waals surface area contributed by atoms with Crippen molar-refractivity contribution in [1.29, 1.82) is 0 Å². The van der Waals surface area contributed by atoms with Gasteiger partial charge in [0.1, 0.15) is 23.3 Å². The Bertz CT molecular complexity index is 1540. The number of benzene rings is 3. The minimum absolute atomic E-state index is 0.131. The van der Waals surface area contributed by atoms with Crippen LogP contribution in [0.5, 0.6) is 0 Å². The van der Waals surface area contributed by atoms with Crippen molar-refractivity contribution < 1.29 is 22.8 Å². The maximum absolute atomic E-state index is 13.7. The summed E-state index contributed by atoms with van der Waals surface area (Å²) >= 11 is 3.69. The van der Waals surface area contributed by atoms with Crippen LogP contribution in [0.15, 0.2) is 69.6 Å². The van der Waals surface area contributed by atoms with Gasteiger partial charge in [0.15, 0.2) is 0 Å². The number of nitrogens with two attached hydrogens (primary N) is 1. The molecule has 0 bridgehead atoms. The van der Waals surface area contributed by atoms with Gasteiger partial charge in [0.25, 0.3) is 5.91 Å². The first kappa shape index (κ1) is 23.9. The Morgan fingerprint density at radius 3 is 2.24 bits per heavy atom. The molecule has 2 fully saturated rings. The molecule has 2 amide bonds. The average Bonchev–Trinajstić information content (AvgIpc) is 3.60. The van der Waals surface area contributed by atoms with Gasteiger partial charge in [-0.15, -0.1) is 0 Å². The highest BCUT2D eigenvalue weighted by Gasteiger charge is 2.49. The van der Waals surface area contributed by atoms with E-state index >= 15 is 0 Å². The van der Waals surface area contributed by atoms with Crippen molar-refractivity contribution in [3.05, 3.63) is 82.3 Å². The number of alkyl halides is 1. The van der Waals surface area contributed by atoms with E-state index in [0.29, 0.717) is 23.3 Å². The number of carbonyl (C=O) groups excluding carboxylic acids is 2. The summed E-state index contributed by atoms with van der Waals surface area (Å²) in [6.45, 7) is 0.262. The van der Waals surface area contributed by atoms with Gasteiger partial charge in [-0.1, -0.05) is 24.3 Å². The van der Waals surface area contributed by atoms with E-state index in [1.165, 1.54) is 17.0 Å². The van der Waals surface area contributed by atoms with E-state index in [1.54, 1.807) is 24.3 Å². The molecule has 188 valence electrons. The van der Waals surface area contributed by atoms with Gasteiger partial charge < -0.3 is 15.1 Å². The summed E-state index contributed by atoms with van der Waals surface area (Å²) < 4.78 is 33.9. The van der Waals surface area contributed by atoms with Crippen molar-refractivity contribution in [2.75, 3.05) is 13.1 Å². The summed E-state index contributed by atoms with van der Waals surface area (Å²) in [7, 11) is 0. The second-order valence-corrected chi connectivity index (χ2v) is 10.7. The highest BCUT2D eigenvalue weighted by atomic mass is 79.9. The maximum Gasteiger partial charge on any atom is 0.254 e. The van der Waals surface area contributed by atoms with Crippen LogP contribution in [-0.4, -0.2) is 36.0 Å². The zero-order valence-corrected chi connectivity index (χ0v) is 21.4. The number of carbonyl (C=O) groups is 2. The molecule has 1 aliphatic carbocycles. The van der Waals surface area contributed by atoms with Gasteiger partial charge >= 0.3 is 0 Å². The molecule has 8 heteroatoms. The first-order valence-electron chi connectivity index (χ1n) is 12.1. The van der Waals surface area contributed by atoms with Gasteiger partial charge in [-0.25, -0.2) is 8.78 Å². The summed E-state index contributed by atoms with van der Waals surface area (Å²) in [6.07, 6.45) is 0.922. The molecule has 2 N–H and O–H groups in total. The van der Waals surface area contributed by atoms with Gasteiger partial charge in [0.2, 0.25) is 5.91 Å². The molecule has 0 unspecified atom stereocenters. The van der Waals surface area contributed by atoms with Crippen molar-refractivity contribution in [2.45, 2.75) is 25.4 Å². The number of amides is 2. The molecule has 0 atom stereocenters. The molecule has 0 spiro atoms. The third-order valence-electron chi connectivity index (χ3n) is 7.42. The van der Waals surface area contributed by atoms with Crippen LogP contribution in [0.4, 0.5) is 8.78 Å². The molecule has 1 aliphatic heterocycles. The largest absolute Gasteiger partial charge is 0.459 e. The zero-order valence-electron chi connectivity index (χ0n) is 19.8. The molecule has 37 heavy (non-hydrogen) atoms. The van der Waals surface area contributed by atoms with Crippen LogP contribution in [-0.2, 0) is 11.2 Å². The number of fused-ring (bicyclic) bond motifs is 1. The lowest BCUT2D eigenvalue weighted by molar-refractivity contribution is -0.123. The van der Waals surface area contributed by atoms with Crippen LogP contribution in [0, 0.1) is 11.2 Å². The fourth-order valence-electron chi connectivity index (χ4n) is 4.89. The number of likely N-dealkylation sites (tertiary alicyclic amines) is 1. The molecule has 6 rings (SSSR count). The Labute approximate surface area is 220 Å². The van der Waals surface area contributed by atoms with Gasteiger partial charge in [0, 0.05) is 22.9 Å². The van der Waals surface area contributed by atoms with Gasteiger partial charge in [-0.2, -0.15) is 0 Å². The second-order valence-electron chi connectivity index (χ2n) is 9.95. The standard InChI is InChI=1S/C29H23BrF2N2O3/c30-25-23-12-19(16-1-3-18(4-2-16)27(35)34-14-21(32)15-34)11-22(17-5-7-20(31)8-6-17)26(23)37-24(25)13-29(9-10-29)28(33)36/h1-8,11-12,21H,9-10,13-15H2,(H2,33,36). The number of hydrogen-bond donors (Lipinski definition) is 1. The quantitative estimate of drug-likeness (QED) is 0.300. The van der Waals surface area contributed by atoms with E-state index < -0.39 is 11.6 Å². The number of hydrogen-bond acceptors (Lipinski definition) is 3. The van der Waals surface area contributed by atoms with Crippen molar-refractivity contribution in [3.63, 3.8) is 0 Å². The Hall–Kier alpha value is -3.52. The molecule has 1 saturated carbocycles. The Balaban J connectivity index is 1.43. The van der Waals surface area contributed by atoms with Gasteiger partial charge in [0.05, 0.1) is 23.0 Å². The summed E-state index contributed by atoms with van der Waals surface area (Å²) in [5.74, 6) is -0.201. The van der Waals surface area contributed by atoms with Crippen molar-refractivity contribution >= 4 is 38.7 Å². The average molecular weight is 565 g/mol. The number of furan rings is 1. The Morgan fingerprint density at radius 2 is 1.65 bits per heavy atom. The predicted octanol–water partition coefficient (Wildman–Crippen LogP) is 6.27. The molecule has 0 radical (unpaired) electrons. The molecule has 1 aromatic heterocycles. The number of nitrogens with zero attached hydrogens (tertiary/aromatic N) is 1. The lowest BCUT2D eigenvalue weighted by Gasteiger charge is -2.34. The van der Waals surface area contributed by atoms with E-state index in [1.807, 2.05) is 24.3 Å². The lowest BCUT2D eigenvalue weighted by Crippen LogP contribution is -2.51. The molecule has 1 saturated heterocycles. The second kappa shape index (κ2) is 8.80. The summed E-state index contributed by atoms with van der Waals surface area (Å²) in [4.78, 5) is 26.1. The van der Waals surface area contributed by atoms with E-state index in [-0.39, 0.29) is 30.7 Å². The van der Waals surface area contributed by atoms with Crippen LogP contribution in [0.1, 0.15) is 29.0 Å². The van der Waals surface area contributed by atoms with E-state index in [9.17, 15) is 18.4 Å². The molecule has 2 heterocycles. The van der Waals surface area contributed by atoms with Crippen LogP contribution in [0.2, 0.25) is 0 Å². The van der Waals surface area contributed by atoms with E-state index in [4.69, 9.17) is 10.2 Å². The third-order valence-corrected chi connectivity index (χ3v) is 8.28. The highest BCUT2D eigenvalue weighted by Crippen LogP contribution is 2.51. The van der Waals surface area contributed by atoms with Gasteiger partial charge in [-0.3, -0.25) is 9.59 Å². The lowest BCUT2D eigenvalue weighted by atomic mass is 9.95. The summed E-state index contributed by atoms with van der Waals surface area (Å²) in [6, 6.07) is 17.3. The smallest absolute Gasteiger partial charge is 0.254 e. The fourth-order valence-corrected chi connectivity index (χ4v) is 5.41. The molecular weight excluding hydrogens is 542 g/mol. The van der Waals surface area contributed by atoms with Gasteiger partial charge in [-0.05, 0) is 81.9 Å². The minimum Gasteiger partial charge on any atom is -0.459 e. The van der Waals surface area contributed by atoms with Crippen LogP contribution >= 0.6 is 15.9 Å². The topological polar surface area (TPSA) is 76.5 Å². The molecule has 5 nitrogen and oxygen atoms in total. The normalized spacial score (nSPS) is 16.6. The fraction of sp³-hybridized carbons (Fsp3) is 0.241. The summed E-state index contributed by atoms with van der Waals surface area (Å²) in [5, 5.41) is 0.821. The van der Waals surface area contributed by atoms with E-state index in [2.05, 4.69) is 15.9 Å². The maximum atomic E-state index is 13.7. The number of halogens is 3. The van der Waals surface area contributed by atoms with Crippen molar-refractivity contribution in [1.82, 2.24) is 4.90 Å². The molecular formula is C29H23BrF2N2O3. The number of rotatable bonds is 6. The van der Waals surface area contributed by atoms with Crippen molar-refractivity contribution in [2.24, 2.45) is 11.1 Å². The number of primary amides is 1. The summed E-state index contributed by atoms with van der Waals surface area (Å²) in [5.41, 5.74) is 9.52. The molecule has 4 aromatic rings. The van der Waals surface area contributed by atoms with E-state index in [0.717, 1.165) is 45.0 Å². The molecule has 3 aromatic carbocycles. The predicted molar refractivity (Wildman–Crippen MR) is 140 cm³/mol. The monoisotopic (exact) mass is 564 g/mol. The first-order valence-corrected chi connectivity index (χ1v) is 12.9. The zero-order chi connectivity index (χ0) is 25.9. The Morgan fingerprint density at radius 1 is 1.00 bits per heavy atom. The van der Waals surface area contributed by atoms with Crippen LogP contribution < -0.4 is 5.73 Å². The SMILES string of the molecule is NC(=O)C1(Cc2oc3c(-c4ccc(F)cc4)cc(-c4ccc(C(=O)N5CC(F)C5)cc4)cc3c2Br)CC1.